The maximum absolute atomic E-state index is 12.4. The van der Waals surface area contributed by atoms with Crippen LogP contribution in [0.25, 0.3) is 0 Å². The number of amides is 2. The molecule has 1 saturated heterocycles. The van der Waals surface area contributed by atoms with E-state index in [1.165, 1.54) is 0 Å². The summed E-state index contributed by atoms with van der Waals surface area (Å²) in [6, 6.07) is 5.70. The molecule has 1 aromatic rings. The third-order valence-corrected chi connectivity index (χ3v) is 4.90. The molecule has 5 nitrogen and oxygen atoms in total. The van der Waals surface area contributed by atoms with Crippen LogP contribution in [0.15, 0.2) is 18.2 Å². The lowest BCUT2D eigenvalue weighted by Gasteiger charge is -2.26. The summed E-state index contributed by atoms with van der Waals surface area (Å²) in [6.45, 7) is 3.58. The molecular weight excluding hydrogens is 300 g/mol. The molecule has 2 amide bonds. The fourth-order valence-electron chi connectivity index (χ4n) is 2.44. The number of urea groups is 1. The van der Waals surface area contributed by atoms with E-state index in [-0.39, 0.29) is 11.4 Å². The Morgan fingerprint density at radius 3 is 2.91 bits per heavy atom. The van der Waals surface area contributed by atoms with E-state index in [0.29, 0.717) is 0 Å². The Bertz CT molecular complexity index is 510. The quantitative estimate of drug-likeness (QED) is 0.816. The summed E-state index contributed by atoms with van der Waals surface area (Å²) >= 11 is 1.75. The molecule has 2 rings (SSSR count). The summed E-state index contributed by atoms with van der Waals surface area (Å²) in [7, 11) is 3.29. The van der Waals surface area contributed by atoms with Crippen LogP contribution >= 0.6 is 11.8 Å². The summed E-state index contributed by atoms with van der Waals surface area (Å²) in [5, 5.41) is 2.96. The van der Waals surface area contributed by atoms with E-state index in [1.807, 2.05) is 23.1 Å². The number of unbranched alkanes of at least 4 members (excludes halogenated alkanes) is 1. The van der Waals surface area contributed by atoms with Crippen LogP contribution in [0.4, 0.5) is 4.79 Å². The number of hydrogen-bond donors (Lipinski definition) is 1. The molecule has 0 unspecified atom stereocenters. The highest BCUT2D eigenvalue weighted by Gasteiger charge is 2.32. The zero-order chi connectivity index (χ0) is 15.9. The van der Waals surface area contributed by atoms with E-state index >= 15 is 0 Å². The third-order valence-electron chi connectivity index (χ3n) is 3.66. The van der Waals surface area contributed by atoms with Gasteiger partial charge in [0.05, 0.1) is 14.2 Å². The summed E-state index contributed by atoms with van der Waals surface area (Å²) < 4.78 is 10.8. The molecule has 22 heavy (non-hydrogen) atoms. The van der Waals surface area contributed by atoms with Crippen LogP contribution in [0.3, 0.4) is 0 Å². The van der Waals surface area contributed by atoms with Crippen LogP contribution < -0.4 is 14.8 Å². The number of rotatable bonds is 6. The minimum atomic E-state index is -0.0355. The largest absolute Gasteiger partial charge is 0.497 e. The van der Waals surface area contributed by atoms with Gasteiger partial charge in [-0.15, -0.1) is 11.8 Å². The highest BCUT2D eigenvalue weighted by Crippen LogP contribution is 2.43. The van der Waals surface area contributed by atoms with E-state index in [1.54, 1.807) is 26.0 Å². The SMILES string of the molecule is CCCCNC(=O)N1CCS[C@H]1c1cc(OC)ccc1OC. The van der Waals surface area contributed by atoms with E-state index in [4.69, 9.17) is 9.47 Å². The fraction of sp³-hybridized carbons (Fsp3) is 0.562. The van der Waals surface area contributed by atoms with Crippen LogP contribution in [0, 0.1) is 0 Å². The molecule has 0 saturated carbocycles. The van der Waals surface area contributed by atoms with Gasteiger partial charge in [-0.2, -0.15) is 0 Å². The summed E-state index contributed by atoms with van der Waals surface area (Å²) in [5.74, 6) is 2.48. The Hall–Kier alpha value is -1.56. The summed E-state index contributed by atoms with van der Waals surface area (Å²) in [6.07, 6.45) is 2.07. The van der Waals surface area contributed by atoms with Crippen LogP contribution in [0.5, 0.6) is 11.5 Å². The van der Waals surface area contributed by atoms with Gasteiger partial charge in [0.2, 0.25) is 0 Å². The van der Waals surface area contributed by atoms with Crippen molar-refractivity contribution in [3.8, 4) is 11.5 Å². The lowest BCUT2D eigenvalue weighted by Crippen LogP contribution is -2.39. The molecule has 1 heterocycles. The fourth-order valence-corrected chi connectivity index (χ4v) is 3.71. The van der Waals surface area contributed by atoms with Gasteiger partial charge in [0, 0.05) is 24.4 Å². The predicted octanol–water partition coefficient (Wildman–Crippen LogP) is 3.26. The number of ether oxygens (including phenoxy) is 2. The topological polar surface area (TPSA) is 50.8 Å². The zero-order valence-electron chi connectivity index (χ0n) is 13.4. The van der Waals surface area contributed by atoms with Gasteiger partial charge in [0.1, 0.15) is 16.9 Å². The minimum Gasteiger partial charge on any atom is -0.497 e. The van der Waals surface area contributed by atoms with Crippen molar-refractivity contribution in [1.82, 2.24) is 10.2 Å². The molecule has 1 aliphatic rings. The van der Waals surface area contributed by atoms with Crippen molar-refractivity contribution >= 4 is 17.8 Å². The second-order valence-electron chi connectivity index (χ2n) is 5.11. The van der Waals surface area contributed by atoms with Crippen molar-refractivity contribution in [3.63, 3.8) is 0 Å². The second kappa shape index (κ2) is 8.17. The van der Waals surface area contributed by atoms with Gasteiger partial charge >= 0.3 is 6.03 Å². The molecule has 0 radical (unpaired) electrons. The van der Waals surface area contributed by atoms with Crippen molar-refractivity contribution in [3.05, 3.63) is 23.8 Å². The van der Waals surface area contributed by atoms with Gasteiger partial charge in [-0.1, -0.05) is 13.3 Å². The zero-order valence-corrected chi connectivity index (χ0v) is 14.2. The number of nitrogens with zero attached hydrogens (tertiary/aromatic N) is 1. The van der Waals surface area contributed by atoms with Crippen molar-refractivity contribution in [2.45, 2.75) is 25.1 Å². The Kier molecular flexibility index (Phi) is 6.24. The number of benzene rings is 1. The monoisotopic (exact) mass is 324 g/mol. The Morgan fingerprint density at radius 2 is 2.23 bits per heavy atom. The van der Waals surface area contributed by atoms with Gasteiger partial charge in [0.25, 0.3) is 0 Å². The smallest absolute Gasteiger partial charge is 0.318 e. The first-order valence-electron chi connectivity index (χ1n) is 7.59. The van der Waals surface area contributed by atoms with Gasteiger partial charge in [-0.3, -0.25) is 0 Å². The van der Waals surface area contributed by atoms with Crippen LogP contribution in [0.2, 0.25) is 0 Å². The van der Waals surface area contributed by atoms with E-state index in [2.05, 4.69) is 12.2 Å². The maximum atomic E-state index is 12.4. The highest BCUT2D eigenvalue weighted by molar-refractivity contribution is 7.99. The lowest BCUT2D eigenvalue weighted by molar-refractivity contribution is 0.199. The van der Waals surface area contributed by atoms with Gasteiger partial charge in [0.15, 0.2) is 0 Å². The normalized spacial score (nSPS) is 17.4. The molecular formula is C16H24N2O3S. The average molecular weight is 324 g/mol. The summed E-state index contributed by atoms with van der Waals surface area (Å²) in [5.41, 5.74) is 0.981. The number of thioether (sulfide) groups is 1. The van der Waals surface area contributed by atoms with Crippen LogP contribution in [-0.2, 0) is 0 Å². The predicted molar refractivity (Wildman–Crippen MR) is 89.8 cm³/mol. The highest BCUT2D eigenvalue weighted by atomic mass is 32.2. The molecule has 6 heteroatoms. The Balaban J connectivity index is 2.17. The van der Waals surface area contributed by atoms with Crippen molar-refractivity contribution in [2.24, 2.45) is 0 Å². The minimum absolute atomic E-state index is 0.00618. The van der Waals surface area contributed by atoms with Crippen LogP contribution in [0.1, 0.15) is 30.7 Å². The molecule has 1 atom stereocenters. The Morgan fingerprint density at radius 1 is 1.41 bits per heavy atom. The standard InChI is InChI=1S/C16H24N2O3S/c1-4-5-8-17-16(19)18-9-10-22-15(18)13-11-12(20-2)6-7-14(13)21-3/h6-7,11,15H,4-5,8-10H2,1-3H3,(H,17,19)/t15-/m0/s1. The molecule has 1 aromatic carbocycles. The number of carbonyl (C=O) groups is 1. The molecule has 1 N–H and O–H groups in total. The average Bonchev–Trinajstić information content (AvgIpc) is 3.03. The molecule has 0 aromatic heterocycles. The van der Waals surface area contributed by atoms with E-state index in [0.717, 1.165) is 48.7 Å². The molecule has 1 fully saturated rings. The molecule has 1 aliphatic heterocycles. The number of hydrogen-bond acceptors (Lipinski definition) is 4. The number of methoxy groups -OCH3 is 2. The third kappa shape index (κ3) is 3.80. The van der Waals surface area contributed by atoms with E-state index < -0.39 is 0 Å². The molecule has 0 aliphatic carbocycles. The first-order valence-corrected chi connectivity index (χ1v) is 8.64. The molecule has 122 valence electrons. The van der Waals surface area contributed by atoms with Gasteiger partial charge in [-0.25, -0.2) is 4.79 Å². The first kappa shape index (κ1) is 16.8. The van der Waals surface area contributed by atoms with Gasteiger partial charge in [-0.05, 0) is 24.6 Å². The van der Waals surface area contributed by atoms with Crippen LogP contribution in [-0.4, -0.2) is 44.0 Å². The van der Waals surface area contributed by atoms with Crippen molar-refractivity contribution in [2.75, 3.05) is 33.1 Å². The molecule has 0 spiro atoms. The number of carbonyl (C=O) groups excluding carboxylic acids is 1. The first-order chi connectivity index (χ1) is 10.7. The maximum Gasteiger partial charge on any atom is 0.318 e. The summed E-state index contributed by atoms with van der Waals surface area (Å²) in [4.78, 5) is 14.3. The lowest BCUT2D eigenvalue weighted by atomic mass is 10.1. The van der Waals surface area contributed by atoms with Crippen molar-refractivity contribution in [1.29, 1.82) is 0 Å². The molecule has 0 bridgehead atoms. The Labute approximate surface area is 136 Å². The van der Waals surface area contributed by atoms with E-state index in [9.17, 15) is 4.79 Å². The number of nitrogens with one attached hydrogen (secondary N) is 1. The van der Waals surface area contributed by atoms with Crippen molar-refractivity contribution < 1.29 is 14.3 Å². The second-order valence-corrected chi connectivity index (χ2v) is 6.30. The van der Waals surface area contributed by atoms with Gasteiger partial charge < -0.3 is 19.7 Å².